The van der Waals surface area contributed by atoms with Crippen LogP contribution in [0.2, 0.25) is 0 Å². The molecule has 0 unspecified atom stereocenters. The van der Waals surface area contributed by atoms with Crippen LogP contribution in [0.3, 0.4) is 0 Å². The van der Waals surface area contributed by atoms with Gasteiger partial charge in [-0.3, -0.25) is 9.59 Å². The van der Waals surface area contributed by atoms with Gasteiger partial charge in [-0.05, 0) is 26.3 Å². The topological polar surface area (TPSA) is 49.9 Å². The smallest absolute Gasteiger partial charge is 0.166 e. The van der Waals surface area contributed by atoms with E-state index in [1.54, 1.807) is 13.8 Å². The third kappa shape index (κ3) is 1.18. The maximum atomic E-state index is 11.1. The van der Waals surface area contributed by atoms with Gasteiger partial charge in [0.15, 0.2) is 12.1 Å². The quantitative estimate of drug-likeness (QED) is 0.535. The molecule has 1 N–H and O–H groups in total. The molecule has 3 heteroatoms. The molecule has 0 aliphatic rings. The first-order valence-electron chi connectivity index (χ1n) is 3.73. The Kier molecular flexibility index (Phi) is 2.13. The van der Waals surface area contributed by atoms with Crippen LogP contribution < -0.4 is 0 Å². The lowest BCUT2D eigenvalue weighted by Gasteiger charge is -1.93. The molecule has 64 valence electrons. The maximum absolute atomic E-state index is 11.1. The molecule has 0 spiro atoms. The van der Waals surface area contributed by atoms with Crippen molar-refractivity contribution in [2.75, 3.05) is 0 Å². The first-order valence-corrected chi connectivity index (χ1v) is 3.73. The highest BCUT2D eigenvalue weighted by molar-refractivity contribution is 5.98. The minimum Gasteiger partial charge on any atom is -0.356 e. The minimum absolute atomic E-state index is 0.00523. The Morgan fingerprint density at radius 3 is 2.25 bits per heavy atom. The molecule has 1 rings (SSSR count). The molecule has 0 aromatic carbocycles. The van der Waals surface area contributed by atoms with Gasteiger partial charge < -0.3 is 4.98 Å². The average Bonchev–Trinajstić information content (AvgIpc) is 2.25. The Labute approximate surface area is 70.8 Å². The summed E-state index contributed by atoms with van der Waals surface area (Å²) in [7, 11) is 0. The summed E-state index contributed by atoms with van der Waals surface area (Å²) in [4.78, 5) is 24.4. The Morgan fingerprint density at radius 2 is 2.00 bits per heavy atom. The van der Waals surface area contributed by atoms with Crippen LogP contribution in [0.25, 0.3) is 0 Å². The summed E-state index contributed by atoms with van der Waals surface area (Å²) in [6.45, 7) is 5.05. The average molecular weight is 165 g/mol. The predicted octanol–water partition coefficient (Wildman–Crippen LogP) is 1.65. The highest BCUT2D eigenvalue weighted by Gasteiger charge is 2.13. The molecule has 0 aliphatic heterocycles. The van der Waals surface area contributed by atoms with Crippen LogP contribution in [0.15, 0.2) is 0 Å². The Morgan fingerprint density at radius 1 is 1.42 bits per heavy atom. The number of rotatable bonds is 2. The zero-order valence-corrected chi connectivity index (χ0v) is 7.39. The number of hydrogen-bond donors (Lipinski definition) is 1. The van der Waals surface area contributed by atoms with E-state index in [9.17, 15) is 9.59 Å². The third-order valence-corrected chi connectivity index (χ3v) is 1.95. The van der Waals surface area contributed by atoms with Crippen molar-refractivity contribution < 1.29 is 9.59 Å². The van der Waals surface area contributed by atoms with Crippen LogP contribution in [-0.2, 0) is 0 Å². The van der Waals surface area contributed by atoms with E-state index in [0.29, 0.717) is 11.3 Å². The number of ketones is 1. The van der Waals surface area contributed by atoms with E-state index >= 15 is 0 Å². The molecule has 0 radical (unpaired) electrons. The predicted molar refractivity (Wildman–Crippen MR) is 45.7 cm³/mol. The fraction of sp³-hybridized carbons (Fsp3) is 0.333. The van der Waals surface area contributed by atoms with Crippen molar-refractivity contribution in [2.24, 2.45) is 0 Å². The molecular weight excluding hydrogens is 154 g/mol. The van der Waals surface area contributed by atoms with Gasteiger partial charge in [-0.15, -0.1) is 0 Å². The van der Waals surface area contributed by atoms with Crippen molar-refractivity contribution in [3.05, 3.63) is 22.5 Å². The third-order valence-electron chi connectivity index (χ3n) is 1.95. The van der Waals surface area contributed by atoms with Crippen molar-refractivity contribution in [3.8, 4) is 0 Å². The van der Waals surface area contributed by atoms with Gasteiger partial charge in [0, 0.05) is 11.3 Å². The largest absolute Gasteiger partial charge is 0.356 e. The number of carbonyl (C=O) groups is 2. The number of aryl methyl sites for hydroxylation is 1. The molecular formula is C9H11NO2. The van der Waals surface area contributed by atoms with E-state index in [0.717, 1.165) is 17.5 Å². The van der Waals surface area contributed by atoms with E-state index in [2.05, 4.69) is 4.98 Å². The number of Topliss-reactive ketones (excluding diaryl/α,β-unsaturated/α-hetero) is 1. The Bertz CT molecular complexity index is 337. The zero-order valence-electron chi connectivity index (χ0n) is 7.39. The summed E-state index contributed by atoms with van der Waals surface area (Å²) >= 11 is 0. The number of aldehydes is 1. The van der Waals surface area contributed by atoms with E-state index in [1.165, 1.54) is 6.92 Å². The van der Waals surface area contributed by atoms with Crippen molar-refractivity contribution >= 4 is 12.1 Å². The van der Waals surface area contributed by atoms with E-state index in [4.69, 9.17) is 0 Å². The van der Waals surface area contributed by atoms with Gasteiger partial charge in [-0.1, -0.05) is 0 Å². The number of carbonyl (C=O) groups excluding carboxylic acids is 2. The molecule has 0 atom stereocenters. The van der Waals surface area contributed by atoms with Crippen LogP contribution in [0.4, 0.5) is 0 Å². The van der Waals surface area contributed by atoms with Crippen molar-refractivity contribution in [2.45, 2.75) is 20.8 Å². The summed E-state index contributed by atoms with van der Waals surface area (Å²) in [6.07, 6.45) is 0.731. The lowest BCUT2D eigenvalue weighted by molar-refractivity contribution is 0.101. The summed E-state index contributed by atoms with van der Waals surface area (Å²) in [5.74, 6) is -0.00523. The second kappa shape index (κ2) is 2.93. The zero-order chi connectivity index (χ0) is 9.30. The molecule has 3 nitrogen and oxygen atoms in total. The fourth-order valence-electron chi connectivity index (χ4n) is 1.42. The van der Waals surface area contributed by atoms with Crippen LogP contribution in [0, 0.1) is 13.8 Å². The van der Waals surface area contributed by atoms with E-state index in [-0.39, 0.29) is 5.78 Å². The van der Waals surface area contributed by atoms with Gasteiger partial charge in [0.25, 0.3) is 0 Å². The normalized spacial score (nSPS) is 9.92. The Hall–Kier alpha value is -1.38. The molecule has 0 amide bonds. The number of aromatic amines is 1. The summed E-state index contributed by atoms with van der Waals surface area (Å²) in [5.41, 5.74) is 2.65. The van der Waals surface area contributed by atoms with Crippen molar-refractivity contribution in [1.82, 2.24) is 4.98 Å². The molecule has 1 heterocycles. The highest BCUT2D eigenvalue weighted by Crippen LogP contribution is 2.16. The summed E-state index contributed by atoms with van der Waals surface area (Å²) in [5, 5.41) is 0. The molecule has 1 aromatic rings. The maximum Gasteiger partial charge on any atom is 0.166 e. The number of aromatic nitrogens is 1. The second-order valence-electron chi connectivity index (χ2n) is 2.84. The van der Waals surface area contributed by atoms with Crippen molar-refractivity contribution in [3.63, 3.8) is 0 Å². The molecule has 0 fully saturated rings. The summed E-state index contributed by atoms with van der Waals surface area (Å²) in [6, 6.07) is 0. The first-order chi connectivity index (χ1) is 5.57. The SMILES string of the molecule is CC(=O)c1c(C)[nH]c(C=O)c1C. The second-order valence-corrected chi connectivity index (χ2v) is 2.84. The fourth-order valence-corrected chi connectivity index (χ4v) is 1.42. The standard InChI is InChI=1S/C9H11NO2/c1-5-8(4-11)10-6(2)9(5)7(3)12/h4,10H,1-3H3. The van der Waals surface area contributed by atoms with Gasteiger partial charge in [-0.25, -0.2) is 0 Å². The molecule has 0 aliphatic carbocycles. The van der Waals surface area contributed by atoms with Crippen LogP contribution in [0.5, 0.6) is 0 Å². The lowest BCUT2D eigenvalue weighted by Crippen LogP contribution is -1.95. The van der Waals surface area contributed by atoms with E-state index in [1.807, 2.05) is 0 Å². The lowest BCUT2D eigenvalue weighted by atomic mass is 10.1. The van der Waals surface area contributed by atoms with Crippen LogP contribution >= 0.6 is 0 Å². The van der Waals surface area contributed by atoms with Crippen LogP contribution in [0.1, 0.15) is 39.0 Å². The van der Waals surface area contributed by atoms with Crippen molar-refractivity contribution in [1.29, 1.82) is 0 Å². The van der Waals surface area contributed by atoms with Gasteiger partial charge in [0.1, 0.15) is 0 Å². The van der Waals surface area contributed by atoms with E-state index < -0.39 is 0 Å². The number of H-pyrrole nitrogens is 1. The molecule has 0 saturated carbocycles. The molecule has 1 aromatic heterocycles. The van der Waals surface area contributed by atoms with Gasteiger partial charge in [0.2, 0.25) is 0 Å². The highest BCUT2D eigenvalue weighted by atomic mass is 16.1. The first kappa shape index (κ1) is 8.71. The number of hydrogen-bond acceptors (Lipinski definition) is 2. The monoisotopic (exact) mass is 165 g/mol. The molecule has 0 saturated heterocycles. The molecule has 0 bridgehead atoms. The Balaban J connectivity index is 3.37. The van der Waals surface area contributed by atoms with Gasteiger partial charge in [-0.2, -0.15) is 0 Å². The molecule has 12 heavy (non-hydrogen) atoms. The summed E-state index contributed by atoms with van der Waals surface area (Å²) < 4.78 is 0. The van der Waals surface area contributed by atoms with Gasteiger partial charge >= 0.3 is 0 Å². The minimum atomic E-state index is -0.00523. The van der Waals surface area contributed by atoms with Gasteiger partial charge in [0.05, 0.1) is 5.69 Å². The number of nitrogens with one attached hydrogen (secondary N) is 1. The van der Waals surface area contributed by atoms with Crippen LogP contribution in [-0.4, -0.2) is 17.1 Å².